The summed E-state index contributed by atoms with van der Waals surface area (Å²) >= 11 is 0. The van der Waals surface area contributed by atoms with Crippen molar-refractivity contribution in [1.29, 1.82) is 0 Å². The summed E-state index contributed by atoms with van der Waals surface area (Å²) in [5.41, 5.74) is -0.0515. The highest BCUT2D eigenvalue weighted by Gasteiger charge is 2.32. The summed E-state index contributed by atoms with van der Waals surface area (Å²) in [6, 6.07) is 16.2. The number of benzene rings is 4. The predicted octanol–water partition coefficient (Wildman–Crippen LogP) is 4.09. The van der Waals surface area contributed by atoms with Crippen molar-refractivity contribution in [3.63, 3.8) is 0 Å². The van der Waals surface area contributed by atoms with E-state index in [9.17, 15) is 38.3 Å². The van der Waals surface area contributed by atoms with E-state index in [4.69, 9.17) is 14.2 Å². The lowest BCUT2D eigenvalue weighted by Gasteiger charge is -2.17. The maximum absolute atomic E-state index is 13.3. The first-order chi connectivity index (χ1) is 21.6. The molecule has 1 N–H and O–H groups in total. The Bertz CT molecular complexity index is 1950. The summed E-state index contributed by atoms with van der Waals surface area (Å²) in [6.45, 7) is -0.268. The number of aliphatic hydroxyl groups excluding tert-OH is 1. The van der Waals surface area contributed by atoms with Gasteiger partial charge < -0.3 is 28.8 Å². The summed E-state index contributed by atoms with van der Waals surface area (Å²) in [4.78, 5) is 73.3. The predicted molar refractivity (Wildman–Crippen MR) is 145 cm³/mol. The lowest BCUT2D eigenvalue weighted by atomic mass is 10.1. The molecule has 0 spiro atoms. The third-order valence-corrected chi connectivity index (χ3v) is 6.74. The van der Waals surface area contributed by atoms with Crippen molar-refractivity contribution in [3.8, 4) is 11.5 Å². The maximum atomic E-state index is 13.3. The quantitative estimate of drug-likeness (QED) is 0.0996. The largest absolute Gasteiger partial charge is 0.460 e. The fourth-order valence-electron chi connectivity index (χ4n) is 4.47. The zero-order valence-electron chi connectivity index (χ0n) is 22.6. The Morgan fingerprint density at radius 1 is 0.711 bits per heavy atom. The molecule has 2 heterocycles. The number of hydrogen-bond donors (Lipinski definition) is 1. The number of rotatable bonds is 8. The van der Waals surface area contributed by atoms with Gasteiger partial charge in [-0.25, -0.2) is 33.2 Å². The van der Waals surface area contributed by atoms with Crippen LogP contribution in [0.3, 0.4) is 0 Å². The highest BCUT2D eigenvalue weighted by Crippen LogP contribution is 2.31. The first-order valence-corrected chi connectivity index (χ1v) is 13.0. The molecule has 1 unspecified atom stereocenters. The van der Waals surface area contributed by atoms with Crippen LogP contribution in [0.2, 0.25) is 0 Å². The van der Waals surface area contributed by atoms with Crippen LogP contribution in [0.1, 0.15) is 79.6 Å². The zero-order valence-corrected chi connectivity index (χ0v) is 22.6. The van der Waals surface area contributed by atoms with Crippen LogP contribution in [-0.2, 0) is 20.8 Å². The Morgan fingerprint density at radius 3 is 2.02 bits per heavy atom. The van der Waals surface area contributed by atoms with Crippen molar-refractivity contribution in [2.45, 2.75) is 12.9 Å². The monoisotopic (exact) mass is 612 g/mol. The van der Waals surface area contributed by atoms with Crippen LogP contribution >= 0.6 is 0 Å². The van der Waals surface area contributed by atoms with E-state index in [0.29, 0.717) is 5.56 Å². The van der Waals surface area contributed by atoms with E-state index in [-0.39, 0.29) is 57.1 Å². The summed E-state index contributed by atoms with van der Waals surface area (Å²) < 4.78 is 38.7. The summed E-state index contributed by atoms with van der Waals surface area (Å²) in [5, 5.41) is 10.8. The van der Waals surface area contributed by atoms with Crippen LogP contribution in [0.25, 0.3) is 0 Å². The molecule has 224 valence electrons. The van der Waals surface area contributed by atoms with Gasteiger partial charge in [-0.1, -0.05) is 18.2 Å². The molecule has 0 saturated carbocycles. The maximum Gasteiger partial charge on any atom is 0.346 e. The lowest BCUT2D eigenvalue weighted by molar-refractivity contribution is -0.0205. The number of carbonyl (C=O) groups is 6. The Hall–Kier alpha value is -6.21. The molecule has 0 aromatic heterocycles. The second-order valence-electron chi connectivity index (χ2n) is 9.64. The topological polar surface area (TPSA) is 169 Å². The van der Waals surface area contributed by atoms with Gasteiger partial charge in [-0.05, 0) is 66.2 Å². The molecule has 0 bridgehead atoms. The van der Waals surface area contributed by atoms with Crippen LogP contribution in [0.5, 0.6) is 11.5 Å². The van der Waals surface area contributed by atoms with Gasteiger partial charge in [0.05, 0.1) is 27.8 Å². The molecule has 13 heteroatoms. The molecule has 6 rings (SSSR count). The van der Waals surface area contributed by atoms with Gasteiger partial charge in [-0.2, -0.15) is 0 Å². The normalized spacial score (nSPS) is 13.8. The molecule has 0 fully saturated rings. The number of carbonyl (C=O) groups excluding carboxylic acids is 6. The molecule has 45 heavy (non-hydrogen) atoms. The van der Waals surface area contributed by atoms with Crippen LogP contribution in [0, 0.1) is 5.82 Å². The van der Waals surface area contributed by atoms with E-state index < -0.39 is 47.9 Å². The van der Waals surface area contributed by atoms with E-state index in [1.807, 2.05) is 0 Å². The third-order valence-electron chi connectivity index (χ3n) is 6.74. The molecule has 12 nitrogen and oxygen atoms in total. The Morgan fingerprint density at radius 2 is 1.33 bits per heavy atom. The van der Waals surface area contributed by atoms with Gasteiger partial charge in [0.1, 0.15) is 29.5 Å². The van der Waals surface area contributed by atoms with E-state index in [2.05, 4.69) is 9.47 Å². The van der Waals surface area contributed by atoms with E-state index in [0.717, 1.165) is 12.1 Å². The Kier molecular flexibility index (Phi) is 7.36. The number of aliphatic hydroxyl groups is 1. The molecular formula is C32H17FO12. The first-order valence-electron chi connectivity index (χ1n) is 13.0. The highest BCUT2D eigenvalue weighted by molar-refractivity contribution is 6.16. The number of fused-ring (bicyclic) bond motifs is 2. The smallest absolute Gasteiger partial charge is 0.346 e. The Labute approximate surface area is 251 Å². The third kappa shape index (κ3) is 5.75. The molecule has 2 aliphatic heterocycles. The summed E-state index contributed by atoms with van der Waals surface area (Å²) in [7, 11) is 0. The minimum absolute atomic E-state index is 0.00495. The van der Waals surface area contributed by atoms with Crippen LogP contribution in [-0.4, -0.2) is 40.9 Å². The molecule has 0 radical (unpaired) electrons. The van der Waals surface area contributed by atoms with Crippen molar-refractivity contribution in [2.24, 2.45) is 0 Å². The van der Waals surface area contributed by atoms with Crippen molar-refractivity contribution >= 4 is 35.8 Å². The number of ether oxygens (including phenoxy) is 5. The first kappa shape index (κ1) is 28.9. The van der Waals surface area contributed by atoms with Gasteiger partial charge in [-0.3, -0.25) is 0 Å². The van der Waals surface area contributed by atoms with Crippen LogP contribution in [0.15, 0.2) is 78.9 Å². The average Bonchev–Trinajstić information content (AvgIpc) is 3.49. The molecule has 0 saturated heterocycles. The Balaban J connectivity index is 1.26. The van der Waals surface area contributed by atoms with E-state index in [1.165, 1.54) is 66.7 Å². The second-order valence-corrected chi connectivity index (χ2v) is 9.64. The minimum atomic E-state index is -1.75. The molecule has 4 aromatic rings. The summed E-state index contributed by atoms with van der Waals surface area (Å²) in [5.74, 6) is -6.26. The molecule has 0 amide bonds. The van der Waals surface area contributed by atoms with Crippen LogP contribution in [0.4, 0.5) is 4.39 Å². The van der Waals surface area contributed by atoms with E-state index in [1.54, 1.807) is 0 Å². The molecular weight excluding hydrogens is 595 g/mol. The molecule has 1 atom stereocenters. The number of halogens is 1. The fourth-order valence-corrected chi connectivity index (χ4v) is 4.47. The lowest BCUT2D eigenvalue weighted by Crippen LogP contribution is -2.14. The van der Waals surface area contributed by atoms with Gasteiger partial charge in [0, 0.05) is 5.56 Å². The molecule has 4 aromatic carbocycles. The van der Waals surface area contributed by atoms with Crippen LogP contribution < -0.4 is 9.47 Å². The second kappa shape index (κ2) is 11.5. The van der Waals surface area contributed by atoms with Gasteiger partial charge in [-0.15, -0.1) is 0 Å². The van der Waals surface area contributed by atoms with E-state index >= 15 is 0 Å². The van der Waals surface area contributed by atoms with Crippen molar-refractivity contribution in [3.05, 3.63) is 129 Å². The van der Waals surface area contributed by atoms with Gasteiger partial charge in [0.15, 0.2) is 0 Å². The zero-order chi connectivity index (χ0) is 31.8. The van der Waals surface area contributed by atoms with Crippen molar-refractivity contribution in [2.75, 3.05) is 0 Å². The highest BCUT2D eigenvalue weighted by atomic mass is 19.1. The van der Waals surface area contributed by atoms with Crippen molar-refractivity contribution < 1.29 is 61.9 Å². The number of esters is 6. The fraction of sp³-hybridized carbons (Fsp3) is 0.0625. The molecule has 2 aliphatic rings. The van der Waals surface area contributed by atoms with Gasteiger partial charge in [0.25, 0.3) is 0 Å². The average molecular weight is 612 g/mol. The standard InChI is InChI=1S/C32H17FO12/c33-18-5-1-15(2-6-18)14-41-28(36)24-13-19(42-26(34)16-3-8-20-22(11-16)31(39)44-29(20)37)7-10-25(24)43-27(35)17-4-9-21-23(12-17)32(40)45-30(21)38/h1-13,27,35H,14H2. The summed E-state index contributed by atoms with van der Waals surface area (Å²) in [6.07, 6.45) is -1.75. The number of hydrogen-bond acceptors (Lipinski definition) is 12. The van der Waals surface area contributed by atoms with Crippen molar-refractivity contribution in [1.82, 2.24) is 0 Å². The number of cyclic esters (lactones) is 4. The van der Waals surface area contributed by atoms with Gasteiger partial charge in [0.2, 0.25) is 6.29 Å². The van der Waals surface area contributed by atoms with Gasteiger partial charge >= 0.3 is 35.8 Å². The molecule has 0 aliphatic carbocycles. The SMILES string of the molecule is O=C(Oc1ccc(OC(O)c2ccc3c(c2)C(=O)OC3=O)c(C(=O)OCc2ccc(F)cc2)c1)c1ccc2c(c1)C(=O)OC2=O. The minimum Gasteiger partial charge on any atom is -0.460 e.